The molecule has 3 heterocycles. The number of likely N-dealkylation sites (tertiary alicyclic amines) is 1. The summed E-state index contributed by atoms with van der Waals surface area (Å²) in [6.45, 7) is 7.62. The molecular formula is C40H50N6O10. The molecule has 7 amide bonds. The van der Waals surface area contributed by atoms with E-state index >= 15 is 0 Å². The minimum Gasteiger partial charge on any atom is -0.377 e. The van der Waals surface area contributed by atoms with Gasteiger partial charge < -0.3 is 40.0 Å². The molecule has 0 saturated carbocycles. The van der Waals surface area contributed by atoms with Gasteiger partial charge in [0.05, 0.1) is 38.4 Å². The topological polar surface area (TPSA) is 210 Å². The second kappa shape index (κ2) is 21.4. The first-order valence-corrected chi connectivity index (χ1v) is 18.6. The maximum atomic E-state index is 13.1. The van der Waals surface area contributed by atoms with Crippen LogP contribution in [0.25, 0.3) is 6.08 Å². The van der Waals surface area contributed by atoms with Gasteiger partial charge in [-0.15, -0.1) is 6.58 Å². The van der Waals surface area contributed by atoms with Gasteiger partial charge in [0, 0.05) is 69.7 Å². The molecule has 0 spiro atoms. The van der Waals surface area contributed by atoms with Crippen molar-refractivity contribution in [3.05, 3.63) is 77.4 Å². The SMILES string of the molecule is C=CC1C(=O)N(C2CCC(=O)NC2=O)CC1C(=C\C)/C=C/C(=O)NCCOCCOCCNC(=O)/C=C/c1cccc2c1CN(C(C=O)CCC(=O)NC)C2=O. The van der Waals surface area contributed by atoms with Gasteiger partial charge >= 0.3 is 0 Å². The van der Waals surface area contributed by atoms with Gasteiger partial charge in [-0.25, -0.2) is 0 Å². The molecule has 300 valence electrons. The summed E-state index contributed by atoms with van der Waals surface area (Å²) in [6.07, 6.45) is 10.8. The van der Waals surface area contributed by atoms with E-state index in [2.05, 4.69) is 27.8 Å². The normalized spacial score (nSPS) is 20.3. The lowest BCUT2D eigenvalue weighted by Gasteiger charge is -2.29. The zero-order chi connectivity index (χ0) is 40.6. The second-order valence-corrected chi connectivity index (χ2v) is 13.3. The molecule has 56 heavy (non-hydrogen) atoms. The third kappa shape index (κ3) is 11.4. The monoisotopic (exact) mass is 774 g/mol. The molecule has 16 heteroatoms. The van der Waals surface area contributed by atoms with E-state index in [0.717, 1.165) is 5.57 Å². The Balaban J connectivity index is 1.09. The number of aldehydes is 1. The Morgan fingerprint density at radius 3 is 2.32 bits per heavy atom. The highest BCUT2D eigenvalue weighted by Crippen LogP contribution is 2.35. The number of rotatable bonds is 21. The molecule has 0 bridgehead atoms. The Hall–Kier alpha value is -5.74. The molecule has 3 aliphatic rings. The lowest BCUT2D eigenvalue weighted by molar-refractivity contribution is -0.144. The lowest BCUT2D eigenvalue weighted by atomic mass is 9.88. The third-order valence-corrected chi connectivity index (χ3v) is 9.84. The van der Waals surface area contributed by atoms with E-state index in [0.29, 0.717) is 23.0 Å². The molecular weight excluding hydrogens is 724 g/mol. The van der Waals surface area contributed by atoms with Crippen molar-refractivity contribution in [2.45, 2.75) is 51.2 Å². The number of benzene rings is 1. The van der Waals surface area contributed by atoms with Crippen LogP contribution >= 0.6 is 0 Å². The molecule has 2 fully saturated rings. The fourth-order valence-electron chi connectivity index (χ4n) is 6.82. The van der Waals surface area contributed by atoms with Gasteiger partial charge in [-0.2, -0.15) is 0 Å². The summed E-state index contributed by atoms with van der Waals surface area (Å²) in [7, 11) is 1.51. The van der Waals surface area contributed by atoms with E-state index in [1.54, 1.807) is 43.4 Å². The quantitative estimate of drug-likeness (QED) is 0.0341. The number of amides is 7. The van der Waals surface area contributed by atoms with Crippen LogP contribution in [0.15, 0.2) is 60.7 Å². The molecule has 4 rings (SSSR count). The zero-order valence-corrected chi connectivity index (χ0v) is 31.8. The first-order valence-electron chi connectivity index (χ1n) is 18.6. The van der Waals surface area contributed by atoms with Crippen molar-refractivity contribution in [1.82, 2.24) is 31.1 Å². The van der Waals surface area contributed by atoms with Gasteiger partial charge in [-0.05, 0) is 48.6 Å². The maximum Gasteiger partial charge on any atom is 0.255 e. The number of hydrogen-bond donors (Lipinski definition) is 4. The fraction of sp³-hybridized carbons (Fsp3) is 0.450. The van der Waals surface area contributed by atoms with Crippen molar-refractivity contribution < 1.29 is 47.8 Å². The number of allylic oxidation sites excluding steroid dienone is 2. The molecule has 4 atom stereocenters. The Morgan fingerprint density at radius 2 is 1.70 bits per heavy atom. The Morgan fingerprint density at radius 1 is 1.00 bits per heavy atom. The number of piperidine rings is 1. The molecule has 0 radical (unpaired) electrons. The van der Waals surface area contributed by atoms with Crippen LogP contribution in [0.5, 0.6) is 0 Å². The molecule has 1 aromatic carbocycles. The van der Waals surface area contributed by atoms with Crippen LogP contribution in [-0.2, 0) is 49.6 Å². The zero-order valence-electron chi connectivity index (χ0n) is 31.8. The number of ether oxygens (including phenoxy) is 2. The van der Waals surface area contributed by atoms with Crippen molar-refractivity contribution in [1.29, 1.82) is 0 Å². The summed E-state index contributed by atoms with van der Waals surface area (Å²) < 4.78 is 11.0. The number of nitrogens with zero attached hydrogens (tertiary/aromatic N) is 2. The number of carbonyl (C=O) groups is 8. The lowest BCUT2D eigenvalue weighted by Crippen LogP contribution is -2.53. The third-order valence-electron chi connectivity index (χ3n) is 9.84. The number of fused-ring (bicyclic) bond motifs is 1. The van der Waals surface area contributed by atoms with Crippen molar-refractivity contribution in [3.63, 3.8) is 0 Å². The van der Waals surface area contributed by atoms with Gasteiger partial charge in [0.1, 0.15) is 12.3 Å². The Bertz CT molecular complexity index is 1770. The predicted octanol–water partition coefficient (Wildman–Crippen LogP) is 0.583. The largest absolute Gasteiger partial charge is 0.377 e. The maximum absolute atomic E-state index is 13.1. The van der Waals surface area contributed by atoms with Crippen molar-refractivity contribution in [3.8, 4) is 0 Å². The minimum absolute atomic E-state index is 0.116. The van der Waals surface area contributed by atoms with Crippen LogP contribution in [0, 0.1) is 11.8 Å². The highest BCUT2D eigenvalue weighted by molar-refractivity contribution is 6.03. The number of hydrogen-bond acceptors (Lipinski definition) is 10. The molecule has 0 aliphatic carbocycles. The van der Waals surface area contributed by atoms with E-state index < -0.39 is 23.9 Å². The van der Waals surface area contributed by atoms with E-state index in [9.17, 15) is 38.4 Å². The summed E-state index contributed by atoms with van der Waals surface area (Å²) in [5.41, 5.74) is 2.59. The molecule has 2 saturated heterocycles. The van der Waals surface area contributed by atoms with Gasteiger partial charge in [-0.1, -0.05) is 30.4 Å². The summed E-state index contributed by atoms with van der Waals surface area (Å²) in [6, 6.07) is 3.71. The molecule has 16 nitrogen and oxygen atoms in total. The van der Waals surface area contributed by atoms with E-state index in [1.165, 1.54) is 29.0 Å². The van der Waals surface area contributed by atoms with E-state index in [1.807, 2.05) is 6.08 Å². The van der Waals surface area contributed by atoms with E-state index in [-0.39, 0.29) is 120 Å². The van der Waals surface area contributed by atoms with E-state index in [4.69, 9.17) is 9.47 Å². The predicted molar refractivity (Wildman–Crippen MR) is 204 cm³/mol. The molecule has 1 aromatic rings. The van der Waals surface area contributed by atoms with Crippen molar-refractivity contribution in [2.75, 3.05) is 53.1 Å². The average Bonchev–Trinajstić information content (AvgIpc) is 3.70. The first-order chi connectivity index (χ1) is 27.0. The van der Waals surface area contributed by atoms with Crippen LogP contribution in [0.4, 0.5) is 0 Å². The summed E-state index contributed by atoms with van der Waals surface area (Å²) in [4.78, 5) is 101. The number of imide groups is 1. The average molecular weight is 775 g/mol. The number of carbonyl (C=O) groups excluding carboxylic acids is 8. The Kier molecular flexibility index (Phi) is 16.4. The van der Waals surface area contributed by atoms with Gasteiger partial charge in [-0.3, -0.25) is 38.9 Å². The highest BCUT2D eigenvalue weighted by Gasteiger charge is 2.45. The molecule has 4 unspecified atom stereocenters. The molecule has 4 N–H and O–H groups in total. The smallest absolute Gasteiger partial charge is 0.255 e. The van der Waals surface area contributed by atoms with Crippen LogP contribution < -0.4 is 21.3 Å². The number of nitrogens with one attached hydrogen (secondary N) is 4. The van der Waals surface area contributed by atoms with Crippen LogP contribution in [0.3, 0.4) is 0 Å². The standard InChI is InChI=1S/C40H50N6O10/c1-4-26(31-24-46(39(53)29(31)5-2)33-12-16-37(51)44-38(33)52)9-13-35(49)42-17-19-55-21-22-56-20-18-43-36(50)14-10-27-7-6-8-30-32(27)23-45(40(30)54)28(25-47)11-15-34(48)41-3/h4-10,13-14,25,28-29,31,33H,2,11-12,15-24H2,1,3H3,(H,41,48)(H,42,49)(H,43,50)(H,44,51,52)/b13-9+,14-10+,26-4-. The molecule has 0 aromatic heterocycles. The van der Waals surface area contributed by atoms with Crippen LogP contribution in [-0.4, -0.2) is 123 Å². The van der Waals surface area contributed by atoms with Crippen molar-refractivity contribution >= 4 is 53.7 Å². The van der Waals surface area contributed by atoms with Gasteiger partial charge in [0.25, 0.3) is 5.91 Å². The minimum atomic E-state index is -0.738. The highest BCUT2D eigenvalue weighted by atomic mass is 16.5. The summed E-state index contributed by atoms with van der Waals surface area (Å²) in [5.74, 6) is -3.14. The molecule has 3 aliphatic heterocycles. The summed E-state index contributed by atoms with van der Waals surface area (Å²) in [5, 5.41) is 10.3. The van der Waals surface area contributed by atoms with Crippen molar-refractivity contribution in [2.24, 2.45) is 11.8 Å². The summed E-state index contributed by atoms with van der Waals surface area (Å²) >= 11 is 0. The Labute approximate surface area is 325 Å². The first kappa shape index (κ1) is 43.0. The van der Waals surface area contributed by atoms with Gasteiger partial charge in [0.15, 0.2) is 0 Å². The fourth-order valence-corrected chi connectivity index (χ4v) is 6.82. The second-order valence-electron chi connectivity index (χ2n) is 13.3. The van der Waals surface area contributed by atoms with Gasteiger partial charge in [0.2, 0.25) is 35.4 Å². The van der Waals surface area contributed by atoms with Crippen LogP contribution in [0.2, 0.25) is 0 Å². The van der Waals surface area contributed by atoms with Crippen LogP contribution in [0.1, 0.15) is 54.1 Å².